The van der Waals surface area contributed by atoms with Gasteiger partial charge in [-0.25, -0.2) is 9.18 Å². The molecule has 2 N–H and O–H groups in total. The molecule has 0 saturated carbocycles. The summed E-state index contributed by atoms with van der Waals surface area (Å²) < 4.78 is 17.9. The SMILES string of the molecule is Cn1nnc(COC(=O)c2cc(N)cc(F)c2)n1. The van der Waals surface area contributed by atoms with Gasteiger partial charge in [0.15, 0.2) is 6.61 Å². The van der Waals surface area contributed by atoms with Crippen molar-refractivity contribution in [2.75, 3.05) is 5.73 Å². The molecule has 0 spiro atoms. The molecule has 0 bridgehead atoms. The molecule has 1 aromatic carbocycles. The van der Waals surface area contributed by atoms with Crippen molar-refractivity contribution in [2.24, 2.45) is 7.05 Å². The number of carbonyl (C=O) groups excluding carboxylic acids is 1. The first-order valence-electron chi connectivity index (χ1n) is 5.00. The molecule has 1 heterocycles. The lowest BCUT2D eigenvalue weighted by Crippen LogP contribution is -2.07. The first-order chi connectivity index (χ1) is 8.54. The average molecular weight is 251 g/mol. The zero-order valence-electron chi connectivity index (χ0n) is 9.50. The Morgan fingerprint density at radius 1 is 1.50 bits per heavy atom. The molecule has 18 heavy (non-hydrogen) atoms. The third-order valence-corrected chi connectivity index (χ3v) is 2.04. The highest BCUT2D eigenvalue weighted by molar-refractivity contribution is 5.90. The fourth-order valence-corrected chi connectivity index (χ4v) is 1.32. The maximum atomic E-state index is 13.0. The minimum absolute atomic E-state index is 0.0383. The van der Waals surface area contributed by atoms with Crippen LogP contribution in [0.3, 0.4) is 0 Å². The van der Waals surface area contributed by atoms with Crippen LogP contribution in [0.1, 0.15) is 16.2 Å². The number of nitrogens with zero attached hydrogens (tertiary/aromatic N) is 4. The normalized spacial score (nSPS) is 10.3. The highest BCUT2D eigenvalue weighted by Crippen LogP contribution is 2.12. The summed E-state index contributed by atoms with van der Waals surface area (Å²) in [5.74, 6) is -1.04. The van der Waals surface area contributed by atoms with Crippen molar-refractivity contribution in [3.63, 3.8) is 0 Å². The summed E-state index contributed by atoms with van der Waals surface area (Å²) in [4.78, 5) is 12.8. The Morgan fingerprint density at radius 3 is 2.89 bits per heavy atom. The van der Waals surface area contributed by atoms with Crippen molar-refractivity contribution in [2.45, 2.75) is 6.61 Å². The van der Waals surface area contributed by atoms with E-state index in [-0.39, 0.29) is 23.7 Å². The molecule has 0 radical (unpaired) electrons. The van der Waals surface area contributed by atoms with Crippen LogP contribution in [-0.2, 0) is 18.4 Å². The number of carbonyl (C=O) groups is 1. The molecule has 0 aliphatic rings. The summed E-state index contributed by atoms with van der Waals surface area (Å²) in [7, 11) is 1.59. The molecule has 7 nitrogen and oxygen atoms in total. The van der Waals surface area contributed by atoms with Crippen LogP contribution >= 0.6 is 0 Å². The standard InChI is InChI=1S/C10H10FN5O2/c1-16-14-9(13-15-16)5-18-10(17)6-2-7(11)4-8(12)3-6/h2-4H,5,12H2,1H3. The highest BCUT2D eigenvalue weighted by atomic mass is 19.1. The van der Waals surface area contributed by atoms with Gasteiger partial charge in [-0.1, -0.05) is 0 Å². The Balaban J connectivity index is 2.03. The number of nitrogens with two attached hydrogens (primary N) is 1. The number of benzene rings is 1. The van der Waals surface area contributed by atoms with Crippen molar-refractivity contribution < 1.29 is 13.9 Å². The van der Waals surface area contributed by atoms with Gasteiger partial charge < -0.3 is 10.5 Å². The average Bonchev–Trinajstić information content (AvgIpc) is 2.70. The Bertz CT molecular complexity index is 563. The van der Waals surface area contributed by atoms with Crippen molar-refractivity contribution in [1.29, 1.82) is 0 Å². The zero-order chi connectivity index (χ0) is 13.1. The Kier molecular flexibility index (Phi) is 3.18. The first-order valence-corrected chi connectivity index (χ1v) is 5.00. The number of anilines is 1. The third kappa shape index (κ3) is 2.78. The van der Waals surface area contributed by atoms with Gasteiger partial charge in [-0.15, -0.1) is 10.2 Å². The van der Waals surface area contributed by atoms with E-state index in [4.69, 9.17) is 10.5 Å². The van der Waals surface area contributed by atoms with Crippen LogP contribution in [0.5, 0.6) is 0 Å². The van der Waals surface area contributed by atoms with Gasteiger partial charge in [0, 0.05) is 5.69 Å². The minimum atomic E-state index is -0.700. The van der Waals surface area contributed by atoms with E-state index in [9.17, 15) is 9.18 Å². The fraction of sp³-hybridized carbons (Fsp3) is 0.200. The van der Waals surface area contributed by atoms with Gasteiger partial charge >= 0.3 is 5.97 Å². The van der Waals surface area contributed by atoms with Gasteiger partial charge in [-0.2, -0.15) is 4.80 Å². The molecule has 94 valence electrons. The number of hydrogen-bond donors (Lipinski definition) is 1. The van der Waals surface area contributed by atoms with E-state index in [0.717, 1.165) is 12.1 Å². The number of esters is 1. The molecule has 0 aliphatic heterocycles. The lowest BCUT2D eigenvalue weighted by Gasteiger charge is -2.03. The molecule has 0 aliphatic carbocycles. The Labute approximate surface area is 101 Å². The van der Waals surface area contributed by atoms with E-state index in [1.165, 1.54) is 10.9 Å². The first kappa shape index (κ1) is 12.0. The lowest BCUT2D eigenvalue weighted by atomic mass is 10.2. The van der Waals surface area contributed by atoms with Gasteiger partial charge in [-0.05, 0) is 23.4 Å². The van der Waals surface area contributed by atoms with E-state index in [1.54, 1.807) is 7.05 Å². The van der Waals surface area contributed by atoms with Gasteiger partial charge in [0.05, 0.1) is 12.6 Å². The number of halogens is 1. The fourth-order valence-electron chi connectivity index (χ4n) is 1.32. The molecular formula is C10H10FN5O2. The van der Waals surface area contributed by atoms with Crippen LogP contribution in [0.2, 0.25) is 0 Å². The van der Waals surface area contributed by atoms with Crippen molar-refractivity contribution in [3.8, 4) is 0 Å². The second-order valence-electron chi connectivity index (χ2n) is 3.54. The number of tetrazole rings is 1. The molecule has 0 amide bonds. The third-order valence-electron chi connectivity index (χ3n) is 2.04. The highest BCUT2D eigenvalue weighted by Gasteiger charge is 2.11. The minimum Gasteiger partial charge on any atom is -0.454 e. The molecule has 2 aromatic rings. The number of nitrogen functional groups attached to an aromatic ring is 1. The molecular weight excluding hydrogens is 241 g/mol. The topological polar surface area (TPSA) is 95.9 Å². The molecule has 2 rings (SSSR count). The smallest absolute Gasteiger partial charge is 0.338 e. The van der Waals surface area contributed by atoms with E-state index in [1.807, 2.05) is 0 Å². The number of aryl methyl sites for hydroxylation is 1. The molecule has 0 unspecified atom stereocenters. The Morgan fingerprint density at radius 2 is 2.28 bits per heavy atom. The molecule has 8 heteroatoms. The molecule has 0 fully saturated rings. The monoisotopic (exact) mass is 251 g/mol. The van der Waals surface area contributed by atoms with Crippen molar-refractivity contribution in [3.05, 3.63) is 35.4 Å². The molecule has 0 atom stereocenters. The predicted molar refractivity (Wildman–Crippen MR) is 58.7 cm³/mol. The summed E-state index contributed by atoms with van der Waals surface area (Å²) in [5.41, 5.74) is 5.61. The maximum absolute atomic E-state index is 13.0. The zero-order valence-corrected chi connectivity index (χ0v) is 9.50. The summed E-state index contributed by atoms with van der Waals surface area (Å²) in [6, 6.07) is 3.49. The van der Waals surface area contributed by atoms with Gasteiger partial charge in [-0.3, -0.25) is 0 Å². The Hall–Kier alpha value is -2.51. The van der Waals surface area contributed by atoms with E-state index in [0.29, 0.717) is 0 Å². The van der Waals surface area contributed by atoms with Gasteiger partial charge in [0.25, 0.3) is 0 Å². The van der Waals surface area contributed by atoms with Crippen molar-refractivity contribution in [1.82, 2.24) is 20.2 Å². The van der Waals surface area contributed by atoms with Crippen LogP contribution in [-0.4, -0.2) is 26.2 Å². The largest absolute Gasteiger partial charge is 0.454 e. The lowest BCUT2D eigenvalue weighted by molar-refractivity contribution is 0.0461. The van der Waals surface area contributed by atoms with Gasteiger partial charge in [0.1, 0.15) is 5.82 Å². The van der Waals surface area contributed by atoms with Crippen LogP contribution < -0.4 is 5.73 Å². The van der Waals surface area contributed by atoms with E-state index < -0.39 is 11.8 Å². The van der Waals surface area contributed by atoms with Crippen molar-refractivity contribution >= 4 is 11.7 Å². The number of rotatable bonds is 3. The second kappa shape index (κ2) is 4.78. The second-order valence-corrected chi connectivity index (χ2v) is 3.54. The van der Waals surface area contributed by atoms with Crippen LogP contribution in [0.15, 0.2) is 18.2 Å². The maximum Gasteiger partial charge on any atom is 0.338 e. The van der Waals surface area contributed by atoms with Crippen LogP contribution in [0.25, 0.3) is 0 Å². The summed E-state index contributed by atoms with van der Waals surface area (Å²) >= 11 is 0. The summed E-state index contributed by atoms with van der Waals surface area (Å²) in [6.45, 7) is -0.136. The number of aromatic nitrogens is 4. The number of ether oxygens (including phenoxy) is 1. The summed E-state index contributed by atoms with van der Waals surface area (Å²) in [5, 5.41) is 11.1. The van der Waals surface area contributed by atoms with E-state index >= 15 is 0 Å². The van der Waals surface area contributed by atoms with Gasteiger partial charge in [0.2, 0.25) is 5.82 Å². The number of hydrogen-bond acceptors (Lipinski definition) is 6. The quantitative estimate of drug-likeness (QED) is 0.622. The molecule has 0 saturated heterocycles. The van der Waals surface area contributed by atoms with E-state index in [2.05, 4.69) is 15.4 Å². The summed E-state index contributed by atoms with van der Waals surface area (Å²) in [6.07, 6.45) is 0. The van der Waals surface area contributed by atoms with Crippen LogP contribution in [0, 0.1) is 5.82 Å². The predicted octanol–water partition coefficient (Wildman–Crippen LogP) is 0.288. The van der Waals surface area contributed by atoms with Crippen LogP contribution in [0.4, 0.5) is 10.1 Å². The molecule has 1 aromatic heterocycles.